The second kappa shape index (κ2) is 6.25. The molecule has 1 aromatic carbocycles. The fourth-order valence-corrected chi connectivity index (χ4v) is 2.33. The van der Waals surface area contributed by atoms with E-state index in [1.165, 1.54) is 28.4 Å². The van der Waals surface area contributed by atoms with Gasteiger partial charge in [-0.05, 0) is 12.5 Å². The zero-order valence-electron chi connectivity index (χ0n) is 10.9. The fraction of sp³-hybridized carbons (Fsp3) is 0.231. The molecule has 7 heteroatoms. The molecule has 2 rings (SSSR count). The highest BCUT2D eigenvalue weighted by atomic mass is 32.1. The van der Waals surface area contributed by atoms with Gasteiger partial charge >= 0.3 is 0 Å². The molecule has 0 spiro atoms. The molecule has 0 aliphatic rings. The third kappa shape index (κ3) is 3.00. The lowest BCUT2D eigenvalue weighted by molar-refractivity contribution is -0.384. The monoisotopic (exact) mass is 291 g/mol. The Morgan fingerprint density at radius 2 is 2.30 bits per heavy atom. The first-order chi connectivity index (χ1) is 9.63. The van der Waals surface area contributed by atoms with Crippen LogP contribution in [0.4, 0.5) is 11.4 Å². The van der Waals surface area contributed by atoms with Crippen LogP contribution in [0.25, 0.3) is 0 Å². The van der Waals surface area contributed by atoms with Gasteiger partial charge in [0.2, 0.25) is 0 Å². The van der Waals surface area contributed by atoms with Crippen molar-refractivity contribution in [3.05, 3.63) is 51.0 Å². The summed E-state index contributed by atoms with van der Waals surface area (Å²) in [5.74, 6) is -0.242. The summed E-state index contributed by atoms with van der Waals surface area (Å²) >= 11 is 1.34. The van der Waals surface area contributed by atoms with Crippen molar-refractivity contribution in [3.63, 3.8) is 0 Å². The first kappa shape index (κ1) is 14.1. The Kier molecular flexibility index (Phi) is 4.41. The Morgan fingerprint density at radius 1 is 1.50 bits per heavy atom. The summed E-state index contributed by atoms with van der Waals surface area (Å²) in [5.41, 5.74) is 2.42. The van der Waals surface area contributed by atoms with Crippen LogP contribution in [0, 0.1) is 10.1 Å². The third-order valence-electron chi connectivity index (χ3n) is 2.70. The average molecular weight is 291 g/mol. The molecule has 2 aromatic rings. The topological polar surface area (TPSA) is 76.3 Å². The first-order valence-corrected chi connectivity index (χ1v) is 7.02. The average Bonchev–Trinajstić information content (AvgIpc) is 2.98. The van der Waals surface area contributed by atoms with Gasteiger partial charge in [0.15, 0.2) is 0 Å². The number of benzene rings is 1. The molecule has 104 valence electrons. The molecule has 0 aliphatic heterocycles. The predicted molar refractivity (Wildman–Crippen MR) is 77.2 cm³/mol. The largest absolute Gasteiger partial charge is 0.307 e. The molecule has 1 aromatic heterocycles. The van der Waals surface area contributed by atoms with Gasteiger partial charge in [-0.2, -0.15) is 0 Å². The lowest BCUT2D eigenvalue weighted by atomic mass is 10.2. The molecule has 0 saturated heterocycles. The molecular formula is C13H13N3O3S. The Hall–Kier alpha value is -2.28. The fourth-order valence-electron chi connectivity index (χ4n) is 1.80. The van der Waals surface area contributed by atoms with Crippen molar-refractivity contribution in [3.8, 4) is 0 Å². The molecule has 0 saturated carbocycles. The van der Waals surface area contributed by atoms with Gasteiger partial charge in [-0.25, -0.2) is 4.98 Å². The Bertz CT molecular complexity index is 613. The summed E-state index contributed by atoms with van der Waals surface area (Å²) in [6, 6.07) is 6.07. The van der Waals surface area contributed by atoms with Gasteiger partial charge in [-0.3, -0.25) is 14.9 Å². The van der Waals surface area contributed by atoms with Crippen molar-refractivity contribution in [2.24, 2.45) is 0 Å². The molecule has 20 heavy (non-hydrogen) atoms. The molecule has 0 N–H and O–H groups in total. The number of amides is 1. The molecule has 0 unspecified atom stereocenters. The van der Waals surface area contributed by atoms with Crippen LogP contribution in [-0.4, -0.2) is 22.4 Å². The van der Waals surface area contributed by atoms with Gasteiger partial charge in [-0.1, -0.05) is 13.0 Å². The van der Waals surface area contributed by atoms with Crippen molar-refractivity contribution in [2.45, 2.75) is 13.3 Å². The lowest BCUT2D eigenvalue weighted by Crippen LogP contribution is -2.31. The van der Waals surface area contributed by atoms with Crippen LogP contribution >= 0.6 is 11.3 Å². The van der Waals surface area contributed by atoms with Crippen molar-refractivity contribution in [1.82, 2.24) is 4.98 Å². The minimum Gasteiger partial charge on any atom is -0.307 e. The van der Waals surface area contributed by atoms with Gasteiger partial charge < -0.3 is 4.90 Å². The van der Waals surface area contributed by atoms with Gasteiger partial charge in [0, 0.05) is 24.1 Å². The first-order valence-electron chi connectivity index (χ1n) is 6.08. The minimum absolute atomic E-state index is 0.0327. The molecule has 0 atom stereocenters. The molecule has 0 radical (unpaired) electrons. The number of aromatic nitrogens is 1. The van der Waals surface area contributed by atoms with E-state index in [4.69, 9.17) is 0 Å². The quantitative estimate of drug-likeness (QED) is 0.626. The van der Waals surface area contributed by atoms with E-state index >= 15 is 0 Å². The number of carbonyl (C=O) groups excluding carboxylic acids is 1. The second-order valence-electron chi connectivity index (χ2n) is 4.11. The number of hydrogen-bond acceptors (Lipinski definition) is 5. The maximum Gasteiger partial charge on any atom is 0.277 e. The van der Waals surface area contributed by atoms with Crippen molar-refractivity contribution in [2.75, 3.05) is 11.4 Å². The van der Waals surface area contributed by atoms with Crippen LogP contribution in [0.5, 0.6) is 0 Å². The lowest BCUT2D eigenvalue weighted by Gasteiger charge is -2.21. The predicted octanol–water partition coefficient (Wildman–Crippen LogP) is 3.11. The molecule has 1 heterocycles. The normalized spacial score (nSPS) is 10.2. The van der Waals surface area contributed by atoms with E-state index < -0.39 is 4.92 Å². The number of anilines is 1. The highest BCUT2D eigenvalue weighted by Crippen LogP contribution is 2.23. The molecule has 0 aliphatic carbocycles. The number of hydrogen-bond donors (Lipinski definition) is 0. The summed E-state index contributed by atoms with van der Waals surface area (Å²) in [6.07, 6.45) is 0.749. The summed E-state index contributed by atoms with van der Waals surface area (Å²) in [5, 5.41) is 12.5. The maximum absolute atomic E-state index is 12.4. The van der Waals surface area contributed by atoms with E-state index in [1.54, 1.807) is 23.0 Å². The maximum atomic E-state index is 12.4. The highest BCUT2D eigenvalue weighted by Gasteiger charge is 2.20. The van der Waals surface area contributed by atoms with E-state index in [2.05, 4.69) is 4.98 Å². The number of thiazole rings is 1. The Morgan fingerprint density at radius 3 is 2.90 bits per heavy atom. The number of nitro benzene ring substituents is 1. The number of rotatable bonds is 5. The van der Waals surface area contributed by atoms with Gasteiger partial charge in [0.05, 0.1) is 16.1 Å². The summed E-state index contributed by atoms with van der Waals surface area (Å²) in [6.45, 7) is 2.43. The van der Waals surface area contributed by atoms with Crippen molar-refractivity contribution >= 4 is 28.6 Å². The van der Waals surface area contributed by atoms with Crippen LogP contribution in [0.2, 0.25) is 0 Å². The van der Waals surface area contributed by atoms with Gasteiger partial charge in [0.25, 0.3) is 11.6 Å². The number of nitro groups is 1. The highest BCUT2D eigenvalue weighted by molar-refractivity contribution is 7.07. The summed E-state index contributed by atoms with van der Waals surface area (Å²) in [4.78, 5) is 28.2. The number of non-ortho nitro benzene ring substituents is 1. The molecule has 0 fully saturated rings. The number of carbonyl (C=O) groups is 1. The van der Waals surface area contributed by atoms with E-state index in [1.807, 2.05) is 6.92 Å². The van der Waals surface area contributed by atoms with Crippen LogP contribution in [-0.2, 0) is 0 Å². The van der Waals surface area contributed by atoms with E-state index in [0.717, 1.165) is 6.42 Å². The third-order valence-corrected chi connectivity index (χ3v) is 3.28. The summed E-state index contributed by atoms with van der Waals surface area (Å²) < 4.78 is 0. The van der Waals surface area contributed by atoms with Gasteiger partial charge in [-0.15, -0.1) is 11.3 Å². The zero-order chi connectivity index (χ0) is 14.5. The van der Waals surface area contributed by atoms with Crippen molar-refractivity contribution < 1.29 is 9.72 Å². The molecule has 1 amide bonds. The van der Waals surface area contributed by atoms with Crippen LogP contribution in [0.3, 0.4) is 0 Å². The summed E-state index contributed by atoms with van der Waals surface area (Å²) in [7, 11) is 0. The van der Waals surface area contributed by atoms with Gasteiger partial charge in [0.1, 0.15) is 5.69 Å². The van der Waals surface area contributed by atoms with E-state index in [9.17, 15) is 14.9 Å². The Labute approximate surface area is 119 Å². The van der Waals surface area contributed by atoms with E-state index in [0.29, 0.717) is 17.9 Å². The SMILES string of the molecule is CCCN(C(=O)c1cscn1)c1cccc([N+](=O)[O-])c1. The number of nitrogens with zero attached hydrogens (tertiary/aromatic N) is 3. The van der Waals surface area contributed by atoms with Crippen LogP contribution < -0.4 is 4.90 Å². The zero-order valence-corrected chi connectivity index (χ0v) is 11.7. The molecule has 0 bridgehead atoms. The van der Waals surface area contributed by atoms with Crippen LogP contribution in [0.15, 0.2) is 35.2 Å². The Balaban J connectivity index is 2.35. The second-order valence-corrected chi connectivity index (χ2v) is 4.83. The van der Waals surface area contributed by atoms with Crippen molar-refractivity contribution in [1.29, 1.82) is 0 Å². The standard InChI is InChI=1S/C13H13N3O3S/c1-2-6-15(13(17)12-8-20-9-14-12)10-4-3-5-11(7-10)16(18)19/h3-5,7-9H,2,6H2,1H3. The smallest absolute Gasteiger partial charge is 0.277 e. The molecule has 6 nitrogen and oxygen atoms in total. The van der Waals surface area contributed by atoms with E-state index in [-0.39, 0.29) is 11.6 Å². The minimum atomic E-state index is -0.471. The van der Waals surface area contributed by atoms with Crippen LogP contribution in [0.1, 0.15) is 23.8 Å². The molecular weight excluding hydrogens is 278 g/mol.